The first-order valence-corrected chi connectivity index (χ1v) is 9.32. The molecular weight excluding hydrogens is 256 g/mol. The van der Waals surface area contributed by atoms with Crippen molar-refractivity contribution in [2.45, 2.75) is 96.6 Å². The van der Waals surface area contributed by atoms with Crippen molar-refractivity contribution in [1.82, 2.24) is 4.90 Å². The molecule has 0 amide bonds. The summed E-state index contributed by atoms with van der Waals surface area (Å²) in [5.41, 5.74) is 7.06. The Hall–Kier alpha value is -0.0800. The minimum atomic E-state index is 0.280. The molecular formula is C19H38N2. The van der Waals surface area contributed by atoms with Gasteiger partial charge in [-0.05, 0) is 56.9 Å². The molecule has 0 saturated heterocycles. The third kappa shape index (κ3) is 4.01. The van der Waals surface area contributed by atoms with Gasteiger partial charge < -0.3 is 5.73 Å². The van der Waals surface area contributed by atoms with Crippen LogP contribution in [0.5, 0.6) is 0 Å². The van der Waals surface area contributed by atoms with Gasteiger partial charge in [0.15, 0.2) is 0 Å². The molecule has 21 heavy (non-hydrogen) atoms. The first-order valence-electron chi connectivity index (χ1n) is 9.32. The van der Waals surface area contributed by atoms with E-state index in [2.05, 4.69) is 32.7 Å². The van der Waals surface area contributed by atoms with Gasteiger partial charge in [-0.1, -0.05) is 46.5 Å². The first-order chi connectivity index (χ1) is 9.89. The van der Waals surface area contributed by atoms with E-state index in [0.29, 0.717) is 5.41 Å². The van der Waals surface area contributed by atoms with Crippen LogP contribution in [0.4, 0.5) is 0 Å². The highest BCUT2D eigenvalue weighted by molar-refractivity contribution is 4.97. The van der Waals surface area contributed by atoms with E-state index in [4.69, 9.17) is 5.73 Å². The van der Waals surface area contributed by atoms with Crippen LogP contribution in [0.1, 0.15) is 85.0 Å². The molecule has 2 aliphatic carbocycles. The molecule has 0 heterocycles. The Morgan fingerprint density at radius 2 is 1.62 bits per heavy atom. The van der Waals surface area contributed by atoms with Gasteiger partial charge in [-0.2, -0.15) is 0 Å². The lowest BCUT2D eigenvalue weighted by atomic mass is 9.76. The van der Waals surface area contributed by atoms with Gasteiger partial charge in [0.05, 0.1) is 0 Å². The van der Waals surface area contributed by atoms with Crippen LogP contribution in [0, 0.1) is 11.3 Å². The van der Waals surface area contributed by atoms with E-state index < -0.39 is 0 Å². The van der Waals surface area contributed by atoms with Crippen molar-refractivity contribution >= 4 is 0 Å². The summed E-state index contributed by atoms with van der Waals surface area (Å²) in [7, 11) is 2.38. The van der Waals surface area contributed by atoms with E-state index in [0.717, 1.165) is 18.5 Å². The molecule has 2 N–H and O–H groups in total. The summed E-state index contributed by atoms with van der Waals surface area (Å²) in [5, 5.41) is 0. The van der Waals surface area contributed by atoms with E-state index >= 15 is 0 Å². The fraction of sp³-hybridized carbons (Fsp3) is 1.00. The fourth-order valence-corrected chi connectivity index (χ4v) is 4.81. The minimum Gasteiger partial charge on any atom is -0.329 e. The SMILES string of the molecule is CN(C1CCCCC1)C1(CN)CCCC(C(C)(C)C)CC1. The van der Waals surface area contributed by atoms with Gasteiger partial charge in [-0.25, -0.2) is 0 Å². The van der Waals surface area contributed by atoms with Crippen LogP contribution in [0.25, 0.3) is 0 Å². The normalized spacial score (nSPS) is 33.1. The van der Waals surface area contributed by atoms with Gasteiger partial charge in [0.25, 0.3) is 0 Å². The second kappa shape index (κ2) is 7.00. The zero-order chi connectivity index (χ0) is 15.5. The van der Waals surface area contributed by atoms with E-state index in [1.807, 2.05) is 0 Å². The molecule has 2 heteroatoms. The molecule has 0 aromatic rings. The predicted molar refractivity (Wildman–Crippen MR) is 92.5 cm³/mol. The molecule has 0 aromatic carbocycles. The van der Waals surface area contributed by atoms with Crippen LogP contribution >= 0.6 is 0 Å². The van der Waals surface area contributed by atoms with Gasteiger partial charge in [0.2, 0.25) is 0 Å². The van der Waals surface area contributed by atoms with Crippen molar-refractivity contribution in [2.24, 2.45) is 17.1 Å². The van der Waals surface area contributed by atoms with E-state index in [1.54, 1.807) is 0 Å². The Labute approximate surface area is 132 Å². The monoisotopic (exact) mass is 294 g/mol. The second-order valence-corrected chi connectivity index (χ2v) is 8.83. The van der Waals surface area contributed by atoms with Crippen molar-refractivity contribution in [1.29, 1.82) is 0 Å². The number of nitrogens with two attached hydrogens (primary N) is 1. The average Bonchev–Trinajstić information content (AvgIpc) is 2.70. The topological polar surface area (TPSA) is 29.3 Å². The second-order valence-electron chi connectivity index (χ2n) is 8.83. The van der Waals surface area contributed by atoms with Crippen LogP contribution in [0.3, 0.4) is 0 Å². The number of hydrogen-bond acceptors (Lipinski definition) is 2. The average molecular weight is 295 g/mol. The van der Waals surface area contributed by atoms with Crippen molar-refractivity contribution in [2.75, 3.05) is 13.6 Å². The third-order valence-electron chi connectivity index (χ3n) is 6.63. The molecule has 0 bridgehead atoms. The molecule has 0 spiro atoms. The fourth-order valence-electron chi connectivity index (χ4n) is 4.81. The van der Waals surface area contributed by atoms with Gasteiger partial charge in [0, 0.05) is 18.1 Å². The Kier molecular flexibility index (Phi) is 5.76. The van der Waals surface area contributed by atoms with Gasteiger partial charge in [-0.3, -0.25) is 4.90 Å². The maximum Gasteiger partial charge on any atom is 0.0331 e. The molecule has 2 fully saturated rings. The molecule has 2 nitrogen and oxygen atoms in total. The van der Waals surface area contributed by atoms with Gasteiger partial charge in [0.1, 0.15) is 0 Å². The molecule has 0 aromatic heterocycles. The quantitative estimate of drug-likeness (QED) is 0.772. The van der Waals surface area contributed by atoms with Crippen molar-refractivity contribution in [3.8, 4) is 0 Å². The van der Waals surface area contributed by atoms with E-state index in [9.17, 15) is 0 Å². The van der Waals surface area contributed by atoms with Crippen LogP contribution in [0.2, 0.25) is 0 Å². The Bertz CT molecular complexity index is 314. The Balaban J connectivity index is 2.06. The standard InChI is InChI=1S/C19H38N2/c1-18(2,3)16-9-8-13-19(15-20,14-12-16)21(4)17-10-6-5-7-11-17/h16-17H,5-15,20H2,1-4H3. The lowest BCUT2D eigenvalue weighted by Gasteiger charge is -2.46. The molecule has 2 saturated carbocycles. The van der Waals surface area contributed by atoms with Crippen LogP contribution in [-0.2, 0) is 0 Å². The molecule has 2 aliphatic rings. The number of likely N-dealkylation sites (N-methyl/N-ethyl adjacent to an activating group) is 1. The molecule has 0 radical (unpaired) electrons. The third-order valence-corrected chi connectivity index (χ3v) is 6.63. The summed E-state index contributed by atoms with van der Waals surface area (Å²) in [6, 6.07) is 0.786. The lowest BCUT2D eigenvalue weighted by Crippen LogP contribution is -2.56. The smallest absolute Gasteiger partial charge is 0.0331 e. The maximum atomic E-state index is 6.33. The summed E-state index contributed by atoms with van der Waals surface area (Å²) in [4.78, 5) is 2.72. The van der Waals surface area contributed by atoms with Gasteiger partial charge in [-0.15, -0.1) is 0 Å². The summed E-state index contributed by atoms with van der Waals surface area (Å²) >= 11 is 0. The van der Waals surface area contributed by atoms with Crippen LogP contribution in [0.15, 0.2) is 0 Å². The van der Waals surface area contributed by atoms with Crippen LogP contribution < -0.4 is 5.73 Å². The summed E-state index contributed by atoms with van der Waals surface area (Å²) in [5.74, 6) is 0.866. The maximum absolute atomic E-state index is 6.33. The number of rotatable bonds is 3. The molecule has 0 aliphatic heterocycles. The first kappa shape index (κ1) is 17.3. The number of hydrogen-bond donors (Lipinski definition) is 1. The lowest BCUT2D eigenvalue weighted by molar-refractivity contribution is 0.0428. The largest absolute Gasteiger partial charge is 0.329 e. The zero-order valence-corrected chi connectivity index (χ0v) is 15.0. The Morgan fingerprint density at radius 3 is 2.19 bits per heavy atom. The predicted octanol–water partition coefficient (Wildman–Crippen LogP) is 4.57. The van der Waals surface area contributed by atoms with E-state index in [1.165, 1.54) is 64.2 Å². The molecule has 2 rings (SSSR count). The molecule has 2 unspecified atom stereocenters. The zero-order valence-electron chi connectivity index (χ0n) is 15.0. The highest BCUT2D eigenvalue weighted by atomic mass is 15.2. The summed E-state index contributed by atoms with van der Waals surface area (Å²) < 4.78 is 0. The number of nitrogens with zero attached hydrogens (tertiary/aromatic N) is 1. The van der Waals surface area contributed by atoms with Crippen molar-refractivity contribution in [3.05, 3.63) is 0 Å². The molecule has 2 atom stereocenters. The van der Waals surface area contributed by atoms with Crippen molar-refractivity contribution < 1.29 is 0 Å². The Morgan fingerprint density at radius 1 is 0.952 bits per heavy atom. The highest BCUT2D eigenvalue weighted by Gasteiger charge is 2.40. The summed E-state index contributed by atoms with van der Waals surface area (Å²) in [6.07, 6.45) is 13.8. The minimum absolute atomic E-state index is 0.280. The summed E-state index contributed by atoms with van der Waals surface area (Å²) in [6.45, 7) is 8.09. The van der Waals surface area contributed by atoms with Gasteiger partial charge >= 0.3 is 0 Å². The molecule has 124 valence electrons. The van der Waals surface area contributed by atoms with Crippen LogP contribution in [-0.4, -0.2) is 30.1 Å². The van der Waals surface area contributed by atoms with Crippen molar-refractivity contribution in [3.63, 3.8) is 0 Å². The highest BCUT2D eigenvalue weighted by Crippen LogP contribution is 2.42. The van der Waals surface area contributed by atoms with E-state index in [-0.39, 0.29) is 5.54 Å².